The molecule has 1 N–H and O–H groups in total. The third kappa shape index (κ3) is 2.76. The molecule has 1 aliphatic rings. The van der Waals surface area contributed by atoms with Crippen molar-refractivity contribution in [3.8, 4) is 0 Å². The molecule has 0 bridgehead atoms. The van der Waals surface area contributed by atoms with E-state index in [-0.39, 0.29) is 12.8 Å². The van der Waals surface area contributed by atoms with Gasteiger partial charge in [0.1, 0.15) is 0 Å². The maximum Gasteiger partial charge on any atom is 0.328 e. The van der Waals surface area contributed by atoms with Crippen LogP contribution >= 0.6 is 7.44 Å². The highest BCUT2D eigenvalue weighted by Gasteiger charge is 2.51. The summed E-state index contributed by atoms with van der Waals surface area (Å²) in [5.74, 6) is -4.26. The Bertz CT molecular complexity index is 646. The number of carbonyl (C=O) groups excluding carboxylic acids is 3. The van der Waals surface area contributed by atoms with Crippen molar-refractivity contribution < 1.29 is 23.7 Å². The van der Waals surface area contributed by atoms with Crippen molar-refractivity contribution in [1.82, 2.24) is 5.09 Å². The summed E-state index contributed by atoms with van der Waals surface area (Å²) < 4.78 is 18.7. The summed E-state index contributed by atoms with van der Waals surface area (Å²) in [6, 6.07) is 8.30. The minimum absolute atomic E-state index is 0.0483. The first kappa shape index (κ1) is 16.2. The standard InChI is InChI=1S/C14H17N2O5P/c1-3-21-14(19)11-12(17)15-22(20,4-2)16(13(11)18)10-8-6-5-7-9-10/h5-9,11H,3-4H2,1-2H3,(H,15,17,20). The second-order valence-electron chi connectivity index (χ2n) is 4.66. The molecule has 0 aliphatic carbocycles. The lowest BCUT2D eigenvalue weighted by atomic mass is 10.1. The molecular formula is C14H17N2O5P. The molecule has 7 nitrogen and oxygen atoms in total. The van der Waals surface area contributed by atoms with Crippen LogP contribution in [0.4, 0.5) is 5.69 Å². The predicted molar refractivity (Wildman–Crippen MR) is 80.3 cm³/mol. The number of para-hydroxylation sites is 1. The van der Waals surface area contributed by atoms with E-state index in [4.69, 9.17) is 4.74 Å². The van der Waals surface area contributed by atoms with Crippen LogP contribution in [0.15, 0.2) is 30.3 Å². The number of hydrogen-bond donors (Lipinski definition) is 1. The fourth-order valence-electron chi connectivity index (χ4n) is 2.22. The Labute approximate surface area is 128 Å². The van der Waals surface area contributed by atoms with Gasteiger partial charge in [0, 0.05) is 6.16 Å². The highest BCUT2D eigenvalue weighted by Crippen LogP contribution is 2.51. The lowest BCUT2D eigenvalue weighted by Crippen LogP contribution is -2.54. The van der Waals surface area contributed by atoms with E-state index in [1.165, 1.54) is 0 Å². The third-order valence-corrected chi connectivity index (χ3v) is 5.78. The van der Waals surface area contributed by atoms with Crippen molar-refractivity contribution in [3.63, 3.8) is 0 Å². The number of nitrogens with zero attached hydrogens (tertiary/aromatic N) is 1. The maximum absolute atomic E-state index is 12.9. The Hall–Kier alpha value is -2.14. The quantitative estimate of drug-likeness (QED) is 0.515. The summed E-state index contributed by atoms with van der Waals surface area (Å²) in [6.07, 6.45) is 0.0644. The molecule has 1 aromatic carbocycles. The van der Waals surface area contributed by atoms with Gasteiger partial charge in [-0.1, -0.05) is 25.1 Å². The third-order valence-electron chi connectivity index (χ3n) is 3.28. The van der Waals surface area contributed by atoms with Crippen molar-refractivity contribution in [3.05, 3.63) is 30.3 Å². The fraction of sp³-hybridized carbons (Fsp3) is 0.357. The van der Waals surface area contributed by atoms with E-state index in [2.05, 4.69) is 5.09 Å². The van der Waals surface area contributed by atoms with Crippen molar-refractivity contribution in [2.24, 2.45) is 5.92 Å². The normalized spacial score (nSPS) is 24.8. The molecule has 1 aromatic rings. The summed E-state index contributed by atoms with van der Waals surface area (Å²) in [6.45, 7) is 3.23. The average Bonchev–Trinajstić information content (AvgIpc) is 2.48. The van der Waals surface area contributed by atoms with Crippen LogP contribution in [0.2, 0.25) is 0 Å². The fourth-order valence-corrected chi connectivity index (χ4v) is 4.17. The van der Waals surface area contributed by atoms with Gasteiger partial charge in [0.2, 0.25) is 5.92 Å². The summed E-state index contributed by atoms with van der Waals surface area (Å²) in [5.41, 5.74) is 0.368. The number of rotatable bonds is 4. The zero-order valence-electron chi connectivity index (χ0n) is 12.3. The van der Waals surface area contributed by atoms with Crippen LogP contribution in [-0.2, 0) is 23.7 Å². The number of benzene rings is 1. The first-order valence-corrected chi connectivity index (χ1v) is 8.76. The largest absolute Gasteiger partial charge is 0.465 e. The van der Waals surface area contributed by atoms with Crippen molar-refractivity contribution in [1.29, 1.82) is 0 Å². The van der Waals surface area contributed by atoms with Gasteiger partial charge in [-0.25, -0.2) is 4.67 Å². The van der Waals surface area contributed by atoms with Crippen LogP contribution in [-0.4, -0.2) is 30.6 Å². The van der Waals surface area contributed by atoms with Gasteiger partial charge in [0.05, 0.1) is 12.3 Å². The van der Waals surface area contributed by atoms with Gasteiger partial charge in [-0.2, -0.15) is 0 Å². The minimum Gasteiger partial charge on any atom is -0.465 e. The van der Waals surface area contributed by atoms with E-state index >= 15 is 0 Å². The summed E-state index contributed by atoms with van der Waals surface area (Å²) in [5, 5.41) is 2.33. The van der Waals surface area contributed by atoms with E-state index in [1.807, 2.05) is 0 Å². The number of carbonyl (C=O) groups is 3. The molecule has 0 aromatic heterocycles. The van der Waals surface area contributed by atoms with Crippen LogP contribution in [0.25, 0.3) is 0 Å². The van der Waals surface area contributed by atoms with Crippen LogP contribution in [0.3, 0.4) is 0 Å². The second kappa shape index (κ2) is 6.32. The summed E-state index contributed by atoms with van der Waals surface area (Å²) >= 11 is 0. The van der Waals surface area contributed by atoms with Crippen LogP contribution in [0.1, 0.15) is 13.8 Å². The molecule has 0 spiro atoms. The van der Waals surface area contributed by atoms with Gasteiger partial charge in [-0.3, -0.25) is 24.0 Å². The molecular weight excluding hydrogens is 307 g/mol. The number of amides is 2. The molecule has 2 rings (SSSR count). The van der Waals surface area contributed by atoms with Crippen molar-refractivity contribution in [2.45, 2.75) is 13.8 Å². The average molecular weight is 324 g/mol. The smallest absolute Gasteiger partial charge is 0.328 e. The molecule has 0 radical (unpaired) electrons. The lowest BCUT2D eigenvalue weighted by molar-refractivity contribution is -0.155. The van der Waals surface area contributed by atoms with E-state index in [1.54, 1.807) is 44.2 Å². The zero-order chi connectivity index (χ0) is 16.3. The van der Waals surface area contributed by atoms with Gasteiger partial charge in [0.15, 0.2) is 0 Å². The van der Waals surface area contributed by atoms with E-state index in [0.717, 1.165) is 4.67 Å². The first-order valence-electron chi connectivity index (χ1n) is 6.92. The monoisotopic (exact) mass is 324 g/mol. The van der Waals surface area contributed by atoms with E-state index in [0.29, 0.717) is 5.69 Å². The Morgan fingerprint density at radius 2 is 1.91 bits per heavy atom. The molecule has 1 fully saturated rings. The summed E-state index contributed by atoms with van der Waals surface area (Å²) in [7, 11) is -3.46. The van der Waals surface area contributed by atoms with Crippen molar-refractivity contribution >= 4 is 30.9 Å². The number of nitrogens with one attached hydrogen (secondary N) is 1. The van der Waals surface area contributed by atoms with Gasteiger partial charge >= 0.3 is 5.97 Å². The first-order chi connectivity index (χ1) is 10.4. The number of ether oxygens (including phenoxy) is 1. The highest BCUT2D eigenvalue weighted by atomic mass is 31.2. The van der Waals surface area contributed by atoms with Gasteiger partial charge in [0.25, 0.3) is 19.3 Å². The molecule has 2 atom stereocenters. The highest BCUT2D eigenvalue weighted by molar-refractivity contribution is 7.65. The van der Waals surface area contributed by atoms with Gasteiger partial charge < -0.3 is 4.74 Å². The molecule has 2 amide bonds. The summed E-state index contributed by atoms with van der Waals surface area (Å²) in [4.78, 5) is 36.5. The second-order valence-corrected chi connectivity index (χ2v) is 7.32. The molecule has 1 saturated heterocycles. The Morgan fingerprint density at radius 1 is 1.27 bits per heavy atom. The SMILES string of the molecule is CCOC(=O)C1C(=O)NP(=O)(CC)N(c2ccccc2)C1=O. The zero-order valence-corrected chi connectivity index (χ0v) is 13.2. The van der Waals surface area contributed by atoms with Crippen molar-refractivity contribution in [2.75, 3.05) is 17.4 Å². The molecule has 22 heavy (non-hydrogen) atoms. The van der Waals surface area contributed by atoms with Gasteiger partial charge in [-0.15, -0.1) is 0 Å². The molecule has 1 aliphatic heterocycles. The minimum atomic E-state index is -3.46. The maximum atomic E-state index is 12.9. The number of anilines is 1. The Balaban J connectivity index is 2.47. The van der Waals surface area contributed by atoms with Crippen LogP contribution < -0.4 is 9.76 Å². The van der Waals surface area contributed by atoms with Crippen LogP contribution in [0.5, 0.6) is 0 Å². The predicted octanol–water partition coefficient (Wildman–Crippen LogP) is 1.54. The molecule has 1 heterocycles. The number of hydrogen-bond acceptors (Lipinski definition) is 5. The molecule has 0 saturated carbocycles. The topological polar surface area (TPSA) is 92.8 Å². The van der Waals surface area contributed by atoms with E-state index in [9.17, 15) is 18.9 Å². The number of esters is 1. The van der Waals surface area contributed by atoms with E-state index < -0.39 is 31.1 Å². The lowest BCUT2D eigenvalue weighted by Gasteiger charge is -2.37. The molecule has 2 unspecified atom stereocenters. The van der Waals surface area contributed by atoms with Gasteiger partial charge in [-0.05, 0) is 19.1 Å². The molecule has 118 valence electrons. The van der Waals surface area contributed by atoms with Crippen LogP contribution in [0, 0.1) is 5.92 Å². The molecule has 8 heteroatoms. The Morgan fingerprint density at radius 3 is 2.45 bits per heavy atom. The Kier molecular flexibility index (Phi) is 4.66.